The molecule has 0 saturated carbocycles. The van der Waals surface area contributed by atoms with E-state index in [0.717, 1.165) is 0 Å². The van der Waals surface area contributed by atoms with Crippen molar-refractivity contribution < 1.29 is 18.7 Å². The Bertz CT molecular complexity index is 451. The zero-order valence-corrected chi connectivity index (χ0v) is 11.4. The van der Waals surface area contributed by atoms with E-state index in [9.17, 15) is 14.0 Å². The number of benzene rings is 1. The molecule has 0 aliphatic heterocycles. The summed E-state index contributed by atoms with van der Waals surface area (Å²) in [6.45, 7) is 0.364. The molecule has 1 amide bonds. The zero-order valence-electron chi connectivity index (χ0n) is 9.83. The number of carbonyl (C=O) groups is 2. The van der Waals surface area contributed by atoms with E-state index in [1.54, 1.807) is 0 Å². The summed E-state index contributed by atoms with van der Waals surface area (Å²) in [6, 6.07) is 4.02. The van der Waals surface area contributed by atoms with Crippen molar-refractivity contribution in [3.05, 3.63) is 34.1 Å². The maximum Gasteiger partial charge on any atom is 0.305 e. The molecule has 1 aromatic rings. The average Bonchev–Trinajstić information content (AvgIpc) is 2.37. The first kappa shape index (κ1) is 14.6. The van der Waals surface area contributed by atoms with Gasteiger partial charge in [0.1, 0.15) is 5.82 Å². The van der Waals surface area contributed by atoms with E-state index in [1.807, 2.05) is 0 Å². The summed E-state index contributed by atoms with van der Waals surface area (Å²) in [7, 11) is 1.32. The summed E-state index contributed by atoms with van der Waals surface area (Å²) in [5.41, 5.74) is 0.362. The van der Waals surface area contributed by atoms with Crippen molar-refractivity contribution in [1.29, 1.82) is 0 Å². The summed E-state index contributed by atoms with van der Waals surface area (Å²) in [5.74, 6) is -1.04. The lowest BCUT2D eigenvalue weighted by Crippen LogP contribution is -2.25. The number of hydrogen-bond acceptors (Lipinski definition) is 3. The number of amides is 1. The third-order valence-electron chi connectivity index (χ3n) is 2.25. The Balaban J connectivity index is 2.41. The number of ether oxygens (including phenoxy) is 1. The van der Waals surface area contributed by atoms with Crippen LogP contribution in [0.3, 0.4) is 0 Å². The lowest BCUT2D eigenvalue weighted by Gasteiger charge is -2.05. The van der Waals surface area contributed by atoms with E-state index in [-0.39, 0.29) is 22.8 Å². The molecule has 0 fully saturated rings. The molecule has 98 valence electrons. The second-order valence-electron chi connectivity index (χ2n) is 3.56. The molecule has 0 aliphatic rings. The van der Waals surface area contributed by atoms with Gasteiger partial charge in [-0.3, -0.25) is 9.59 Å². The Morgan fingerprint density at radius 3 is 2.78 bits per heavy atom. The van der Waals surface area contributed by atoms with E-state index < -0.39 is 5.82 Å². The minimum atomic E-state index is -0.419. The normalized spacial score (nSPS) is 9.94. The monoisotopic (exact) mass is 317 g/mol. The predicted octanol–water partition coefficient (Wildman–Crippen LogP) is 2.27. The highest BCUT2D eigenvalue weighted by atomic mass is 79.9. The Hall–Kier alpha value is -1.43. The van der Waals surface area contributed by atoms with Crippen LogP contribution in [0.4, 0.5) is 4.39 Å². The Labute approximate surface area is 113 Å². The second kappa shape index (κ2) is 7.10. The predicted molar refractivity (Wildman–Crippen MR) is 67.7 cm³/mol. The number of nitrogens with one attached hydrogen (secondary N) is 1. The molecule has 0 aliphatic carbocycles. The molecule has 4 nitrogen and oxygen atoms in total. The Morgan fingerprint density at radius 2 is 2.17 bits per heavy atom. The zero-order chi connectivity index (χ0) is 13.5. The topological polar surface area (TPSA) is 55.4 Å². The Kier molecular flexibility index (Phi) is 5.77. The molecule has 0 aromatic heterocycles. The Morgan fingerprint density at radius 1 is 1.44 bits per heavy atom. The fourth-order valence-corrected chi connectivity index (χ4v) is 1.65. The van der Waals surface area contributed by atoms with Gasteiger partial charge in [-0.2, -0.15) is 0 Å². The number of hydrogen-bond donors (Lipinski definition) is 1. The molecule has 0 saturated heterocycles. The fourth-order valence-electron chi connectivity index (χ4n) is 1.28. The molecule has 1 N–H and O–H groups in total. The molecule has 0 unspecified atom stereocenters. The average molecular weight is 318 g/mol. The van der Waals surface area contributed by atoms with Gasteiger partial charge in [0, 0.05) is 18.5 Å². The third-order valence-corrected chi connectivity index (χ3v) is 2.86. The third kappa shape index (κ3) is 4.44. The lowest BCUT2D eigenvalue weighted by atomic mass is 10.2. The molecular weight excluding hydrogens is 305 g/mol. The van der Waals surface area contributed by atoms with Crippen LogP contribution in [0.1, 0.15) is 23.2 Å². The highest BCUT2D eigenvalue weighted by Crippen LogP contribution is 2.16. The smallest absolute Gasteiger partial charge is 0.305 e. The van der Waals surface area contributed by atoms with Gasteiger partial charge in [-0.25, -0.2) is 4.39 Å². The van der Waals surface area contributed by atoms with Crippen LogP contribution in [0.15, 0.2) is 22.7 Å². The first-order valence-corrected chi connectivity index (χ1v) is 6.14. The van der Waals surface area contributed by atoms with E-state index in [1.165, 1.54) is 25.3 Å². The molecule has 0 spiro atoms. The van der Waals surface area contributed by atoms with Crippen LogP contribution in [0.25, 0.3) is 0 Å². The van der Waals surface area contributed by atoms with Crippen molar-refractivity contribution >= 4 is 27.8 Å². The largest absolute Gasteiger partial charge is 0.469 e. The second-order valence-corrected chi connectivity index (χ2v) is 4.42. The first-order chi connectivity index (χ1) is 8.54. The van der Waals surface area contributed by atoms with Gasteiger partial charge in [0.05, 0.1) is 11.6 Å². The van der Waals surface area contributed by atoms with Crippen molar-refractivity contribution in [2.45, 2.75) is 12.8 Å². The van der Waals surface area contributed by atoms with Crippen LogP contribution in [-0.4, -0.2) is 25.5 Å². The summed E-state index contributed by atoms with van der Waals surface area (Å²) < 4.78 is 17.7. The minimum Gasteiger partial charge on any atom is -0.469 e. The van der Waals surface area contributed by atoms with E-state index >= 15 is 0 Å². The van der Waals surface area contributed by atoms with Gasteiger partial charge in [0.2, 0.25) is 0 Å². The van der Waals surface area contributed by atoms with Crippen molar-refractivity contribution in [2.24, 2.45) is 0 Å². The molecule has 18 heavy (non-hydrogen) atoms. The van der Waals surface area contributed by atoms with Gasteiger partial charge < -0.3 is 10.1 Å². The highest BCUT2D eigenvalue weighted by Gasteiger charge is 2.08. The number of carbonyl (C=O) groups excluding carboxylic acids is 2. The van der Waals surface area contributed by atoms with Gasteiger partial charge >= 0.3 is 5.97 Å². The van der Waals surface area contributed by atoms with Gasteiger partial charge in [-0.15, -0.1) is 0 Å². The molecule has 0 atom stereocenters. The van der Waals surface area contributed by atoms with Crippen molar-refractivity contribution in [3.8, 4) is 0 Å². The van der Waals surface area contributed by atoms with E-state index in [4.69, 9.17) is 0 Å². The summed E-state index contributed by atoms with van der Waals surface area (Å²) in [5, 5.41) is 2.64. The molecule has 0 bridgehead atoms. The summed E-state index contributed by atoms with van der Waals surface area (Å²) in [4.78, 5) is 22.5. The maximum absolute atomic E-state index is 13.0. The summed E-state index contributed by atoms with van der Waals surface area (Å²) in [6.07, 6.45) is 0.755. The van der Waals surface area contributed by atoms with Crippen LogP contribution in [0.5, 0.6) is 0 Å². The van der Waals surface area contributed by atoms with Crippen LogP contribution >= 0.6 is 15.9 Å². The van der Waals surface area contributed by atoms with Crippen molar-refractivity contribution in [1.82, 2.24) is 5.32 Å². The first-order valence-electron chi connectivity index (χ1n) is 5.34. The molecule has 1 rings (SSSR count). The molecule has 1 aromatic carbocycles. The van der Waals surface area contributed by atoms with Crippen LogP contribution < -0.4 is 5.32 Å². The number of methoxy groups -OCH3 is 1. The van der Waals surface area contributed by atoms with Gasteiger partial charge in [0.15, 0.2) is 0 Å². The standard InChI is InChI=1S/C12H13BrFNO3/c1-18-11(16)3-2-6-15-12(17)8-4-5-10(14)9(13)7-8/h4-5,7H,2-3,6H2,1H3,(H,15,17). The van der Waals surface area contributed by atoms with Gasteiger partial charge in [-0.05, 0) is 40.5 Å². The number of halogens is 2. The van der Waals surface area contributed by atoms with Gasteiger partial charge in [-0.1, -0.05) is 0 Å². The molecular formula is C12H13BrFNO3. The quantitative estimate of drug-likeness (QED) is 0.669. The van der Waals surface area contributed by atoms with Crippen molar-refractivity contribution in [2.75, 3.05) is 13.7 Å². The molecule has 6 heteroatoms. The number of rotatable bonds is 5. The minimum absolute atomic E-state index is 0.240. The van der Waals surface area contributed by atoms with Crippen LogP contribution in [0.2, 0.25) is 0 Å². The number of esters is 1. The van der Waals surface area contributed by atoms with E-state index in [2.05, 4.69) is 26.0 Å². The lowest BCUT2D eigenvalue weighted by molar-refractivity contribution is -0.140. The highest BCUT2D eigenvalue weighted by molar-refractivity contribution is 9.10. The van der Waals surface area contributed by atoms with E-state index in [0.29, 0.717) is 18.5 Å². The molecule has 0 radical (unpaired) electrons. The summed E-state index contributed by atoms with van der Waals surface area (Å²) >= 11 is 3.01. The maximum atomic E-state index is 13.0. The van der Waals surface area contributed by atoms with Crippen molar-refractivity contribution in [3.63, 3.8) is 0 Å². The molecule has 0 heterocycles. The SMILES string of the molecule is COC(=O)CCCNC(=O)c1ccc(F)c(Br)c1. The van der Waals surface area contributed by atoms with Gasteiger partial charge in [0.25, 0.3) is 5.91 Å². The fraction of sp³-hybridized carbons (Fsp3) is 0.333. The van der Waals surface area contributed by atoms with Crippen LogP contribution in [0, 0.1) is 5.82 Å². The van der Waals surface area contributed by atoms with Crippen LogP contribution in [-0.2, 0) is 9.53 Å².